The minimum absolute atomic E-state index is 0.272. The molecule has 20 heavy (non-hydrogen) atoms. The number of thiophene rings is 1. The molecular formula is C13H15FN4OS. The normalized spacial score (nSPS) is 11.2. The van der Waals surface area contributed by atoms with E-state index in [1.54, 1.807) is 13.0 Å². The van der Waals surface area contributed by atoms with Crippen LogP contribution in [0.1, 0.15) is 32.7 Å². The third kappa shape index (κ3) is 2.93. The zero-order valence-corrected chi connectivity index (χ0v) is 12.3. The molecule has 0 saturated heterocycles. The Morgan fingerprint density at radius 2 is 2.35 bits per heavy atom. The standard InChI is InChI=1S/C13H15FN4OS/c1-4-9-5-6-11(20-9)13(19)16-15-7-10-8(2)17-18(3)12(10)14/h5-7H,4H2,1-3H3,(H,16,19)/b15-7+. The number of rotatable bonds is 4. The number of hydrogen-bond donors (Lipinski definition) is 1. The lowest BCUT2D eigenvalue weighted by molar-refractivity contribution is 0.0959. The number of carbonyl (C=O) groups excluding carboxylic acids is 1. The summed E-state index contributed by atoms with van der Waals surface area (Å²) in [7, 11) is 1.51. The van der Waals surface area contributed by atoms with Gasteiger partial charge in [-0.15, -0.1) is 11.3 Å². The van der Waals surface area contributed by atoms with Crippen LogP contribution >= 0.6 is 11.3 Å². The molecule has 2 rings (SSSR count). The Balaban J connectivity index is 2.04. The summed E-state index contributed by atoms with van der Waals surface area (Å²) in [6.07, 6.45) is 2.16. The SMILES string of the molecule is CCc1ccc(C(=O)N/N=C/c2c(C)nn(C)c2F)s1. The minimum Gasteiger partial charge on any atom is -0.266 e. The minimum atomic E-state index is -0.482. The van der Waals surface area contributed by atoms with Crippen molar-refractivity contribution < 1.29 is 9.18 Å². The fourth-order valence-corrected chi connectivity index (χ4v) is 2.53. The van der Waals surface area contributed by atoms with Gasteiger partial charge in [0.15, 0.2) is 0 Å². The van der Waals surface area contributed by atoms with Crippen LogP contribution in [0.2, 0.25) is 0 Å². The number of aromatic nitrogens is 2. The van der Waals surface area contributed by atoms with Gasteiger partial charge in [0.25, 0.3) is 5.91 Å². The van der Waals surface area contributed by atoms with Crippen LogP contribution in [0.15, 0.2) is 17.2 Å². The molecule has 2 aromatic heterocycles. The smallest absolute Gasteiger partial charge is 0.266 e. The molecule has 0 aliphatic heterocycles. The van der Waals surface area contributed by atoms with E-state index in [4.69, 9.17) is 0 Å². The number of amides is 1. The average Bonchev–Trinajstić information content (AvgIpc) is 2.99. The van der Waals surface area contributed by atoms with Gasteiger partial charge in [0.1, 0.15) is 0 Å². The number of nitrogens with one attached hydrogen (secondary N) is 1. The first-order chi connectivity index (χ1) is 9.52. The van der Waals surface area contributed by atoms with E-state index >= 15 is 0 Å². The summed E-state index contributed by atoms with van der Waals surface area (Å²) in [5.41, 5.74) is 3.18. The molecule has 0 aliphatic carbocycles. The molecule has 0 aliphatic rings. The van der Waals surface area contributed by atoms with Crippen LogP contribution in [0.25, 0.3) is 0 Å². The van der Waals surface area contributed by atoms with Gasteiger partial charge >= 0.3 is 0 Å². The molecule has 2 aromatic rings. The molecule has 5 nitrogen and oxygen atoms in total. The number of aryl methyl sites for hydroxylation is 3. The van der Waals surface area contributed by atoms with E-state index in [9.17, 15) is 9.18 Å². The molecule has 2 heterocycles. The first-order valence-corrected chi connectivity index (χ1v) is 6.95. The van der Waals surface area contributed by atoms with E-state index < -0.39 is 5.95 Å². The van der Waals surface area contributed by atoms with Crippen LogP contribution in [0.5, 0.6) is 0 Å². The molecule has 7 heteroatoms. The number of halogens is 1. The van der Waals surface area contributed by atoms with E-state index in [2.05, 4.69) is 15.6 Å². The number of nitrogens with zero attached hydrogens (tertiary/aromatic N) is 3. The molecule has 0 bridgehead atoms. The van der Waals surface area contributed by atoms with Crippen molar-refractivity contribution >= 4 is 23.5 Å². The highest BCUT2D eigenvalue weighted by Gasteiger charge is 2.11. The second kappa shape index (κ2) is 5.96. The third-order valence-electron chi connectivity index (χ3n) is 2.79. The van der Waals surface area contributed by atoms with Crippen LogP contribution in [-0.4, -0.2) is 21.9 Å². The molecular weight excluding hydrogens is 279 g/mol. The van der Waals surface area contributed by atoms with Crippen molar-refractivity contribution in [3.8, 4) is 0 Å². The fourth-order valence-electron chi connectivity index (χ4n) is 1.69. The lowest BCUT2D eigenvalue weighted by Crippen LogP contribution is -2.16. The maximum atomic E-state index is 13.6. The molecule has 0 fully saturated rings. The van der Waals surface area contributed by atoms with Gasteiger partial charge in [-0.3, -0.25) is 4.79 Å². The Hall–Kier alpha value is -2.02. The van der Waals surface area contributed by atoms with E-state index in [1.807, 2.05) is 13.0 Å². The van der Waals surface area contributed by atoms with Crippen molar-refractivity contribution in [2.45, 2.75) is 20.3 Å². The molecule has 0 atom stereocenters. The quantitative estimate of drug-likeness (QED) is 0.694. The maximum Gasteiger partial charge on any atom is 0.281 e. The highest BCUT2D eigenvalue weighted by atomic mass is 32.1. The van der Waals surface area contributed by atoms with Gasteiger partial charge in [-0.1, -0.05) is 6.92 Å². The Morgan fingerprint density at radius 3 is 2.90 bits per heavy atom. The van der Waals surface area contributed by atoms with Crippen LogP contribution in [0, 0.1) is 12.9 Å². The molecule has 0 saturated carbocycles. The molecule has 1 N–H and O–H groups in total. The number of hydrogen-bond acceptors (Lipinski definition) is 4. The molecule has 0 unspecified atom stereocenters. The zero-order chi connectivity index (χ0) is 14.7. The number of hydrazone groups is 1. The van der Waals surface area contributed by atoms with Crippen LogP contribution in [0.3, 0.4) is 0 Å². The van der Waals surface area contributed by atoms with E-state index in [-0.39, 0.29) is 11.5 Å². The van der Waals surface area contributed by atoms with Gasteiger partial charge in [0, 0.05) is 11.9 Å². The largest absolute Gasteiger partial charge is 0.281 e. The summed E-state index contributed by atoms with van der Waals surface area (Å²) in [6, 6.07) is 3.67. The van der Waals surface area contributed by atoms with E-state index in [1.165, 1.54) is 24.6 Å². The molecule has 0 spiro atoms. The van der Waals surface area contributed by atoms with Crippen molar-refractivity contribution in [3.63, 3.8) is 0 Å². The van der Waals surface area contributed by atoms with Gasteiger partial charge < -0.3 is 0 Å². The Kier molecular flexibility index (Phi) is 4.29. The van der Waals surface area contributed by atoms with Gasteiger partial charge in [0.05, 0.1) is 22.3 Å². The zero-order valence-electron chi connectivity index (χ0n) is 11.5. The molecule has 106 valence electrons. The third-order valence-corrected chi connectivity index (χ3v) is 4.02. The summed E-state index contributed by atoms with van der Waals surface area (Å²) >= 11 is 1.42. The van der Waals surface area contributed by atoms with Gasteiger partial charge in [-0.2, -0.15) is 14.6 Å². The van der Waals surface area contributed by atoms with E-state index in [0.717, 1.165) is 16.0 Å². The van der Waals surface area contributed by atoms with Crippen molar-refractivity contribution in [1.82, 2.24) is 15.2 Å². The van der Waals surface area contributed by atoms with Crippen molar-refractivity contribution in [3.05, 3.63) is 39.1 Å². The highest BCUT2D eigenvalue weighted by Crippen LogP contribution is 2.16. The van der Waals surface area contributed by atoms with Gasteiger partial charge in [-0.25, -0.2) is 10.1 Å². The predicted molar refractivity (Wildman–Crippen MR) is 76.7 cm³/mol. The maximum absolute atomic E-state index is 13.6. The molecule has 0 radical (unpaired) electrons. The average molecular weight is 294 g/mol. The predicted octanol–water partition coefficient (Wildman–Crippen LogP) is 2.26. The Labute approximate surface area is 120 Å². The van der Waals surface area contributed by atoms with Crippen LogP contribution in [-0.2, 0) is 13.5 Å². The Bertz CT molecular complexity index is 659. The lowest BCUT2D eigenvalue weighted by atomic mass is 10.3. The molecule has 0 aromatic carbocycles. The van der Waals surface area contributed by atoms with Gasteiger partial charge in [0.2, 0.25) is 5.95 Å². The highest BCUT2D eigenvalue weighted by molar-refractivity contribution is 7.14. The van der Waals surface area contributed by atoms with Crippen molar-refractivity contribution in [1.29, 1.82) is 0 Å². The molecule has 1 amide bonds. The monoisotopic (exact) mass is 294 g/mol. The van der Waals surface area contributed by atoms with Crippen LogP contribution < -0.4 is 5.43 Å². The first kappa shape index (κ1) is 14.4. The summed E-state index contributed by atoms with van der Waals surface area (Å²) in [6.45, 7) is 3.71. The van der Waals surface area contributed by atoms with Crippen molar-refractivity contribution in [2.24, 2.45) is 12.1 Å². The van der Waals surface area contributed by atoms with Crippen molar-refractivity contribution in [2.75, 3.05) is 0 Å². The van der Waals surface area contributed by atoms with Crippen LogP contribution in [0.4, 0.5) is 4.39 Å². The first-order valence-electron chi connectivity index (χ1n) is 6.14. The van der Waals surface area contributed by atoms with Gasteiger partial charge in [-0.05, 0) is 25.5 Å². The lowest BCUT2D eigenvalue weighted by Gasteiger charge is -1.95. The second-order valence-corrected chi connectivity index (χ2v) is 5.40. The summed E-state index contributed by atoms with van der Waals surface area (Å²) < 4.78 is 14.7. The van der Waals surface area contributed by atoms with E-state index in [0.29, 0.717) is 10.6 Å². The Morgan fingerprint density at radius 1 is 1.60 bits per heavy atom. The summed E-state index contributed by atoms with van der Waals surface area (Å²) in [5, 5.41) is 7.70. The second-order valence-electron chi connectivity index (χ2n) is 4.23. The fraction of sp³-hybridized carbons (Fsp3) is 0.308. The summed E-state index contributed by atoms with van der Waals surface area (Å²) in [4.78, 5) is 13.5. The summed E-state index contributed by atoms with van der Waals surface area (Å²) in [5.74, 6) is -0.780. The number of carbonyl (C=O) groups is 1. The topological polar surface area (TPSA) is 59.3 Å².